The van der Waals surface area contributed by atoms with Crippen LogP contribution in [0.4, 0.5) is 4.39 Å². The van der Waals surface area contributed by atoms with Gasteiger partial charge in [0.05, 0.1) is 11.1 Å². The quantitative estimate of drug-likeness (QED) is 0.931. The van der Waals surface area contributed by atoms with E-state index in [1.807, 2.05) is 14.0 Å². The highest BCUT2D eigenvalue weighted by molar-refractivity contribution is 7.14. The highest BCUT2D eigenvalue weighted by atomic mass is 35.5. The van der Waals surface area contributed by atoms with E-state index in [2.05, 4.69) is 15.5 Å². The molecule has 0 saturated carbocycles. The molecule has 0 spiro atoms. The maximum atomic E-state index is 13.3. The van der Waals surface area contributed by atoms with Crippen molar-refractivity contribution in [3.05, 3.63) is 34.0 Å². The van der Waals surface area contributed by atoms with Gasteiger partial charge in [0.1, 0.15) is 15.8 Å². The Balaban J connectivity index is 2.33. The fourth-order valence-corrected chi connectivity index (χ4v) is 2.30. The molecule has 1 atom stereocenters. The number of nitrogens with zero attached hydrogens (tertiary/aromatic N) is 2. The molecular formula is C11H11ClFN3S. The Morgan fingerprint density at radius 3 is 2.82 bits per heavy atom. The first kappa shape index (κ1) is 12.4. The molecular weight excluding hydrogens is 261 g/mol. The molecule has 0 fully saturated rings. The average molecular weight is 272 g/mol. The maximum Gasteiger partial charge on any atom is 0.147 e. The van der Waals surface area contributed by atoms with Gasteiger partial charge < -0.3 is 5.32 Å². The largest absolute Gasteiger partial charge is 0.311 e. The zero-order chi connectivity index (χ0) is 12.4. The summed E-state index contributed by atoms with van der Waals surface area (Å²) in [5, 5.41) is 12.9. The Labute approximate surface area is 108 Å². The zero-order valence-corrected chi connectivity index (χ0v) is 10.9. The average Bonchev–Trinajstić information content (AvgIpc) is 2.81. The van der Waals surface area contributed by atoms with Crippen LogP contribution in [0.15, 0.2) is 18.2 Å². The van der Waals surface area contributed by atoms with Crippen molar-refractivity contribution in [2.75, 3.05) is 7.05 Å². The fourth-order valence-electron chi connectivity index (χ4n) is 1.28. The van der Waals surface area contributed by atoms with Gasteiger partial charge in [-0.25, -0.2) is 4.39 Å². The molecule has 2 rings (SSSR count). The first-order valence-corrected chi connectivity index (χ1v) is 6.27. The number of hydrogen-bond donors (Lipinski definition) is 1. The molecule has 0 aliphatic carbocycles. The summed E-state index contributed by atoms with van der Waals surface area (Å²) in [5.41, 5.74) is 0.693. The SMILES string of the molecule is CNC(C)c1nnc(-c2ccc(Cl)c(F)c2)s1. The summed E-state index contributed by atoms with van der Waals surface area (Å²) in [5.74, 6) is -0.442. The van der Waals surface area contributed by atoms with Crippen molar-refractivity contribution in [3.8, 4) is 10.6 Å². The van der Waals surface area contributed by atoms with Gasteiger partial charge in [0, 0.05) is 5.56 Å². The third-order valence-electron chi connectivity index (χ3n) is 2.41. The minimum absolute atomic E-state index is 0.113. The maximum absolute atomic E-state index is 13.3. The van der Waals surface area contributed by atoms with Crippen molar-refractivity contribution in [2.24, 2.45) is 0 Å². The molecule has 3 nitrogen and oxygen atoms in total. The molecule has 1 unspecified atom stereocenters. The standard InChI is InChI=1S/C11H11ClFN3S/c1-6(14-2)10-15-16-11(17-10)7-3-4-8(12)9(13)5-7/h3-6,14H,1-2H3. The van der Waals surface area contributed by atoms with Crippen LogP contribution in [-0.4, -0.2) is 17.2 Å². The van der Waals surface area contributed by atoms with E-state index >= 15 is 0 Å². The lowest BCUT2D eigenvalue weighted by molar-refractivity contribution is 0.628. The monoisotopic (exact) mass is 271 g/mol. The van der Waals surface area contributed by atoms with Gasteiger partial charge in [-0.2, -0.15) is 0 Å². The fraction of sp³-hybridized carbons (Fsp3) is 0.273. The van der Waals surface area contributed by atoms with Crippen LogP contribution in [0.5, 0.6) is 0 Å². The molecule has 17 heavy (non-hydrogen) atoms. The minimum Gasteiger partial charge on any atom is -0.311 e. The van der Waals surface area contributed by atoms with Gasteiger partial charge in [-0.15, -0.1) is 10.2 Å². The van der Waals surface area contributed by atoms with Crippen molar-refractivity contribution >= 4 is 22.9 Å². The number of halogens is 2. The highest BCUT2D eigenvalue weighted by Gasteiger charge is 2.12. The van der Waals surface area contributed by atoms with Crippen molar-refractivity contribution in [1.82, 2.24) is 15.5 Å². The molecule has 1 heterocycles. The van der Waals surface area contributed by atoms with Gasteiger partial charge in [0.2, 0.25) is 0 Å². The normalized spacial score (nSPS) is 12.7. The van der Waals surface area contributed by atoms with Crippen LogP contribution in [0.2, 0.25) is 5.02 Å². The van der Waals surface area contributed by atoms with Crippen LogP contribution in [-0.2, 0) is 0 Å². The Hall–Kier alpha value is -1.04. The summed E-state index contributed by atoms with van der Waals surface area (Å²) < 4.78 is 13.3. The van der Waals surface area contributed by atoms with E-state index in [1.165, 1.54) is 23.5 Å². The van der Waals surface area contributed by atoms with Crippen molar-refractivity contribution in [1.29, 1.82) is 0 Å². The Morgan fingerprint density at radius 2 is 2.18 bits per heavy atom. The third-order valence-corrected chi connectivity index (χ3v) is 3.87. The molecule has 1 N–H and O–H groups in total. The number of benzene rings is 1. The first-order valence-electron chi connectivity index (χ1n) is 5.08. The number of nitrogens with one attached hydrogen (secondary N) is 1. The second-order valence-electron chi connectivity index (χ2n) is 3.58. The van der Waals surface area contributed by atoms with E-state index in [0.29, 0.717) is 10.6 Å². The summed E-state index contributed by atoms with van der Waals surface area (Å²) in [4.78, 5) is 0. The zero-order valence-electron chi connectivity index (χ0n) is 9.37. The van der Waals surface area contributed by atoms with Gasteiger partial charge in [0.15, 0.2) is 0 Å². The smallest absolute Gasteiger partial charge is 0.147 e. The van der Waals surface area contributed by atoms with E-state index in [9.17, 15) is 4.39 Å². The van der Waals surface area contributed by atoms with E-state index in [0.717, 1.165) is 5.01 Å². The molecule has 0 amide bonds. The summed E-state index contributed by atoms with van der Waals surface area (Å²) in [6.45, 7) is 1.99. The second-order valence-corrected chi connectivity index (χ2v) is 5.00. The van der Waals surface area contributed by atoms with Crippen molar-refractivity contribution in [2.45, 2.75) is 13.0 Å². The summed E-state index contributed by atoms with van der Waals surface area (Å²) in [6, 6.07) is 4.77. The summed E-state index contributed by atoms with van der Waals surface area (Å²) in [6.07, 6.45) is 0. The predicted molar refractivity (Wildman–Crippen MR) is 67.8 cm³/mol. The van der Waals surface area contributed by atoms with Crippen LogP contribution in [0.3, 0.4) is 0 Å². The summed E-state index contributed by atoms with van der Waals surface area (Å²) >= 11 is 7.07. The van der Waals surface area contributed by atoms with Gasteiger partial charge in [0.25, 0.3) is 0 Å². The molecule has 90 valence electrons. The molecule has 1 aromatic heterocycles. The van der Waals surface area contributed by atoms with Crippen molar-refractivity contribution < 1.29 is 4.39 Å². The van der Waals surface area contributed by atoms with Gasteiger partial charge in [-0.1, -0.05) is 29.0 Å². The van der Waals surface area contributed by atoms with Gasteiger partial charge in [-0.3, -0.25) is 0 Å². The molecule has 0 saturated heterocycles. The summed E-state index contributed by atoms with van der Waals surface area (Å²) in [7, 11) is 1.85. The van der Waals surface area contributed by atoms with Crippen LogP contribution in [0, 0.1) is 5.82 Å². The number of aromatic nitrogens is 2. The van der Waals surface area contributed by atoms with E-state index in [1.54, 1.807) is 6.07 Å². The second kappa shape index (κ2) is 5.08. The highest BCUT2D eigenvalue weighted by Crippen LogP contribution is 2.28. The van der Waals surface area contributed by atoms with Crippen LogP contribution in [0.25, 0.3) is 10.6 Å². The number of hydrogen-bond acceptors (Lipinski definition) is 4. The predicted octanol–water partition coefficient (Wildman–Crippen LogP) is 3.28. The molecule has 0 bridgehead atoms. The van der Waals surface area contributed by atoms with Crippen LogP contribution in [0.1, 0.15) is 18.0 Å². The minimum atomic E-state index is -0.442. The van der Waals surface area contributed by atoms with Crippen LogP contribution >= 0.6 is 22.9 Å². The van der Waals surface area contributed by atoms with E-state index in [4.69, 9.17) is 11.6 Å². The lowest BCUT2D eigenvalue weighted by Gasteiger charge is -2.03. The molecule has 0 aliphatic rings. The topological polar surface area (TPSA) is 37.8 Å². The first-order chi connectivity index (χ1) is 8.11. The van der Waals surface area contributed by atoms with E-state index in [-0.39, 0.29) is 11.1 Å². The number of rotatable bonds is 3. The lowest BCUT2D eigenvalue weighted by Crippen LogP contribution is -2.11. The Kier molecular flexibility index (Phi) is 3.71. The molecule has 2 aromatic rings. The van der Waals surface area contributed by atoms with E-state index < -0.39 is 5.82 Å². The molecule has 0 radical (unpaired) electrons. The van der Waals surface area contributed by atoms with Crippen LogP contribution < -0.4 is 5.32 Å². The lowest BCUT2D eigenvalue weighted by atomic mass is 10.2. The van der Waals surface area contributed by atoms with Gasteiger partial charge >= 0.3 is 0 Å². The third kappa shape index (κ3) is 2.62. The Morgan fingerprint density at radius 1 is 1.41 bits per heavy atom. The van der Waals surface area contributed by atoms with Gasteiger partial charge in [-0.05, 0) is 26.1 Å². The molecule has 6 heteroatoms. The molecule has 1 aromatic carbocycles. The van der Waals surface area contributed by atoms with Crippen molar-refractivity contribution in [3.63, 3.8) is 0 Å². The molecule has 0 aliphatic heterocycles. The Bertz CT molecular complexity index is 529.